The average molecular weight is 663 g/mol. The Kier molecular flexibility index (Phi) is 7.94. The molecule has 2 amide bonds. The fourth-order valence-corrected chi connectivity index (χ4v) is 5.82. The second-order valence-electron chi connectivity index (χ2n) is 7.27. The molecule has 0 saturated carbocycles. The van der Waals surface area contributed by atoms with Crippen molar-refractivity contribution in [2.24, 2.45) is 0 Å². The third-order valence-corrected chi connectivity index (χ3v) is 7.57. The molecule has 0 bridgehead atoms. The average Bonchev–Trinajstić information content (AvgIpc) is 3.07. The Morgan fingerprint density at radius 1 is 1.00 bits per heavy atom. The van der Waals surface area contributed by atoms with Crippen LogP contribution in [0.1, 0.15) is 22.3 Å². The lowest BCUT2D eigenvalue weighted by molar-refractivity contribution is -0.123. The van der Waals surface area contributed by atoms with Gasteiger partial charge in [-0.05, 0) is 96.7 Å². The van der Waals surface area contributed by atoms with Crippen LogP contribution in [0.15, 0.2) is 79.0 Å². The van der Waals surface area contributed by atoms with Gasteiger partial charge in [0.1, 0.15) is 12.4 Å². The van der Waals surface area contributed by atoms with E-state index in [1.807, 2.05) is 36.4 Å². The van der Waals surface area contributed by atoms with Crippen LogP contribution < -0.4 is 4.74 Å². The largest absolute Gasteiger partial charge is 0.487 e. The molecule has 1 aliphatic rings. The Morgan fingerprint density at radius 2 is 1.68 bits per heavy atom. The third kappa shape index (κ3) is 5.63. The highest BCUT2D eigenvalue weighted by Crippen LogP contribution is 2.38. The summed E-state index contributed by atoms with van der Waals surface area (Å²) in [6.45, 7) is 0.453. The van der Waals surface area contributed by atoms with Crippen LogP contribution >= 0.6 is 59.6 Å². The van der Waals surface area contributed by atoms with E-state index >= 15 is 0 Å². The van der Waals surface area contributed by atoms with Crippen LogP contribution in [-0.2, 0) is 17.9 Å². The number of amides is 2. The molecule has 1 fully saturated rings. The minimum atomic E-state index is -0.384. The number of imide groups is 1. The lowest BCUT2D eigenvalue weighted by Gasteiger charge is -2.13. The zero-order valence-electron chi connectivity index (χ0n) is 17.4. The molecule has 0 radical (unpaired) electrons. The van der Waals surface area contributed by atoms with E-state index in [2.05, 4.69) is 53.9 Å². The SMILES string of the molecule is N#Cc1ccccc1CN1C(=O)S/C(=C/c2cc(Br)c(OCc3ccc(Br)cc3)c(Br)c2)C1=O. The number of benzene rings is 3. The first kappa shape index (κ1) is 24.7. The van der Waals surface area contributed by atoms with Crippen molar-refractivity contribution in [2.45, 2.75) is 13.2 Å². The van der Waals surface area contributed by atoms with Crippen molar-refractivity contribution in [1.82, 2.24) is 4.90 Å². The Morgan fingerprint density at radius 3 is 2.35 bits per heavy atom. The number of rotatable bonds is 6. The molecule has 0 aromatic heterocycles. The van der Waals surface area contributed by atoms with E-state index in [9.17, 15) is 14.9 Å². The van der Waals surface area contributed by atoms with Crippen molar-refractivity contribution < 1.29 is 14.3 Å². The van der Waals surface area contributed by atoms with Crippen molar-refractivity contribution in [2.75, 3.05) is 0 Å². The molecule has 3 aromatic carbocycles. The maximum atomic E-state index is 12.9. The van der Waals surface area contributed by atoms with Crippen LogP contribution in [-0.4, -0.2) is 16.0 Å². The molecular weight excluding hydrogens is 648 g/mol. The molecular formula is C25H15Br3N2O3S. The van der Waals surface area contributed by atoms with Gasteiger partial charge in [-0.15, -0.1) is 0 Å². The minimum absolute atomic E-state index is 0.0575. The Balaban J connectivity index is 1.51. The summed E-state index contributed by atoms with van der Waals surface area (Å²) in [4.78, 5) is 26.9. The topological polar surface area (TPSA) is 70.4 Å². The van der Waals surface area contributed by atoms with E-state index in [1.54, 1.807) is 30.3 Å². The molecule has 0 atom stereocenters. The lowest BCUT2D eigenvalue weighted by Crippen LogP contribution is -2.27. The van der Waals surface area contributed by atoms with Crippen molar-refractivity contribution in [3.8, 4) is 11.8 Å². The number of hydrogen-bond donors (Lipinski definition) is 0. The van der Waals surface area contributed by atoms with E-state index < -0.39 is 0 Å². The van der Waals surface area contributed by atoms with Gasteiger partial charge in [-0.3, -0.25) is 14.5 Å². The highest BCUT2D eigenvalue weighted by atomic mass is 79.9. The summed E-state index contributed by atoms with van der Waals surface area (Å²) in [5.41, 5.74) is 2.83. The minimum Gasteiger partial charge on any atom is -0.487 e. The summed E-state index contributed by atoms with van der Waals surface area (Å²) >= 11 is 11.4. The Bertz CT molecular complexity index is 1330. The van der Waals surface area contributed by atoms with Crippen LogP contribution in [0.2, 0.25) is 0 Å². The number of nitrogens with zero attached hydrogens (tertiary/aromatic N) is 2. The van der Waals surface area contributed by atoms with Gasteiger partial charge in [0, 0.05) is 4.47 Å². The summed E-state index contributed by atoms with van der Waals surface area (Å²) in [6.07, 6.45) is 1.68. The first-order chi connectivity index (χ1) is 16.4. The number of carbonyl (C=O) groups is 2. The molecule has 4 rings (SSSR count). The molecule has 34 heavy (non-hydrogen) atoms. The van der Waals surface area contributed by atoms with Crippen molar-refractivity contribution in [1.29, 1.82) is 5.26 Å². The first-order valence-corrected chi connectivity index (χ1v) is 13.1. The predicted octanol–water partition coefficient (Wildman–Crippen LogP) is 7.66. The maximum absolute atomic E-state index is 12.9. The van der Waals surface area contributed by atoms with Gasteiger partial charge in [0.15, 0.2) is 0 Å². The molecule has 1 saturated heterocycles. The molecule has 3 aromatic rings. The van der Waals surface area contributed by atoms with Crippen molar-refractivity contribution >= 4 is 76.8 Å². The molecule has 5 nitrogen and oxygen atoms in total. The highest BCUT2D eigenvalue weighted by molar-refractivity contribution is 9.11. The molecule has 1 aliphatic heterocycles. The number of nitriles is 1. The van der Waals surface area contributed by atoms with Crippen LogP contribution in [0.5, 0.6) is 5.75 Å². The van der Waals surface area contributed by atoms with Crippen LogP contribution in [0, 0.1) is 11.3 Å². The predicted molar refractivity (Wildman–Crippen MR) is 143 cm³/mol. The van der Waals surface area contributed by atoms with Crippen LogP contribution in [0.3, 0.4) is 0 Å². The van der Waals surface area contributed by atoms with Gasteiger partial charge in [-0.2, -0.15) is 5.26 Å². The van der Waals surface area contributed by atoms with Crippen LogP contribution in [0.4, 0.5) is 4.79 Å². The smallest absolute Gasteiger partial charge is 0.293 e. The number of halogens is 3. The quantitative estimate of drug-likeness (QED) is 0.254. The monoisotopic (exact) mass is 660 g/mol. The number of thioether (sulfide) groups is 1. The molecule has 0 unspecified atom stereocenters. The summed E-state index contributed by atoms with van der Waals surface area (Å²) in [5, 5.41) is 8.92. The van der Waals surface area contributed by atoms with Gasteiger partial charge in [0.2, 0.25) is 0 Å². The maximum Gasteiger partial charge on any atom is 0.293 e. The molecule has 0 spiro atoms. The summed E-state index contributed by atoms with van der Waals surface area (Å²) in [5.74, 6) is 0.256. The van der Waals surface area contributed by atoms with E-state index in [0.717, 1.165) is 32.3 Å². The molecule has 9 heteroatoms. The number of hydrogen-bond acceptors (Lipinski definition) is 5. The van der Waals surface area contributed by atoms with Gasteiger partial charge in [0.25, 0.3) is 11.1 Å². The fraction of sp³-hybridized carbons (Fsp3) is 0.0800. The number of carbonyl (C=O) groups excluding carboxylic acids is 2. The Labute approximate surface area is 226 Å². The molecule has 0 N–H and O–H groups in total. The molecule has 1 heterocycles. The summed E-state index contributed by atoms with van der Waals surface area (Å²) in [6, 6.07) is 20.6. The van der Waals surface area contributed by atoms with E-state index in [4.69, 9.17) is 4.74 Å². The standard InChI is InChI=1S/C25H15Br3N2O3S/c26-19-7-5-15(6-8-19)14-33-23-20(27)9-16(10-21(23)28)11-22-24(31)30(25(32)34-22)13-18-4-2-1-3-17(18)12-29/h1-11H,13-14H2/b22-11+. The van der Waals surface area contributed by atoms with Gasteiger partial charge < -0.3 is 4.74 Å². The Hall–Kier alpha value is -2.38. The normalized spacial score (nSPS) is 14.5. The van der Waals surface area contributed by atoms with Gasteiger partial charge >= 0.3 is 0 Å². The van der Waals surface area contributed by atoms with E-state index in [0.29, 0.717) is 37.3 Å². The third-order valence-electron chi connectivity index (χ3n) is 4.95. The zero-order valence-corrected chi connectivity index (χ0v) is 23.0. The first-order valence-electron chi connectivity index (χ1n) is 9.95. The van der Waals surface area contributed by atoms with Crippen molar-refractivity contribution in [3.63, 3.8) is 0 Å². The van der Waals surface area contributed by atoms with E-state index in [-0.39, 0.29) is 17.7 Å². The summed E-state index contributed by atoms with van der Waals surface area (Å²) in [7, 11) is 0. The fourth-order valence-electron chi connectivity index (χ4n) is 3.26. The zero-order chi connectivity index (χ0) is 24.2. The summed E-state index contributed by atoms with van der Waals surface area (Å²) < 4.78 is 8.40. The van der Waals surface area contributed by atoms with Gasteiger partial charge in [0.05, 0.1) is 32.0 Å². The second kappa shape index (κ2) is 10.9. The number of ether oxygens (including phenoxy) is 1. The second-order valence-corrected chi connectivity index (χ2v) is 10.9. The van der Waals surface area contributed by atoms with Crippen molar-refractivity contribution in [3.05, 3.63) is 101 Å². The highest BCUT2D eigenvalue weighted by Gasteiger charge is 2.35. The molecule has 0 aliphatic carbocycles. The van der Waals surface area contributed by atoms with Gasteiger partial charge in [-0.25, -0.2) is 0 Å². The van der Waals surface area contributed by atoms with E-state index in [1.165, 1.54) is 0 Å². The lowest BCUT2D eigenvalue weighted by atomic mass is 10.1. The van der Waals surface area contributed by atoms with Gasteiger partial charge in [-0.1, -0.05) is 46.3 Å². The van der Waals surface area contributed by atoms with Crippen LogP contribution in [0.25, 0.3) is 6.08 Å². The molecule has 170 valence electrons.